The predicted molar refractivity (Wildman–Crippen MR) is 122 cm³/mol. The van der Waals surface area contributed by atoms with E-state index in [0.29, 0.717) is 23.4 Å². The second-order valence-corrected chi connectivity index (χ2v) is 15.3. The third-order valence-corrected chi connectivity index (χ3v) is 7.78. The summed E-state index contributed by atoms with van der Waals surface area (Å²) in [4.78, 5) is 30.6. The number of nitrogens with zero attached hydrogens (tertiary/aromatic N) is 2. The lowest BCUT2D eigenvalue weighted by Gasteiger charge is -2.31. The Labute approximate surface area is 181 Å². The minimum Gasteiger partial charge on any atom is -0.458 e. The van der Waals surface area contributed by atoms with Gasteiger partial charge in [0, 0.05) is 24.6 Å². The number of aromatic nitrogens is 2. The Morgan fingerprint density at radius 1 is 1.23 bits per heavy atom. The molecule has 0 saturated heterocycles. The van der Waals surface area contributed by atoms with E-state index in [9.17, 15) is 14.7 Å². The number of cyclic esters (lactones) is 1. The van der Waals surface area contributed by atoms with Gasteiger partial charge in [0.2, 0.25) is 0 Å². The normalized spacial score (nSPS) is 19.7. The van der Waals surface area contributed by atoms with Crippen LogP contribution in [0.25, 0.3) is 22.3 Å². The first kappa shape index (κ1) is 20.1. The average Bonchev–Trinajstić information content (AvgIpc) is 3.07. The molecule has 0 bridgehead atoms. The molecule has 0 radical (unpaired) electrons. The van der Waals surface area contributed by atoms with Crippen molar-refractivity contribution in [2.75, 3.05) is 0 Å². The fourth-order valence-electron chi connectivity index (χ4n) is 4.78. The minimum atomic E-state index is -1.80. The average molecular weight is 435 g/mol. The Kier molecular flexibility index (Phi) is 4.30. The summed E-state index contributed by atoms with van der Waals surface area (Å²) in [5.74, 6) is -0.700. The number of hydrogen-bond donors (Lipinski definition) is 1. The van der Waals surface area contributed by atoms with Crippen LogP contribution in [0.2, 0.25) is 19.6 Å². The maximum Gasteiger partial charge on any atom is 0.343 e. The summed E-state index contributed by atoms with van der Waals surface area (Å²) in [7, 11) is -1.35. The maximum atomic E-state index is 13.3. The summed E-state index contributed by atoms with van der Waals surface area (Å²) in [5.41, 5.74) is 3.26. The number of esters is 1. The highest BCUT2D eigenvalue weighted by Crippen LogP contribution is 2.39. The summed E-state index contributed by atoms with van der Waals surface area (Å²) in [6.07, 6.45) is 0.139. The van der Waals surface area contributed by atoms with E-state index in [2.05, 4.69) is 43.9 Å². The van der Waals surface area contributed by atoms with Crippen LogP contribution < -0.4 is 5.56 Å². The number of carbonyl (C=O) groups excluding carboxylic acids is 1. The molecule has 0 unspecified atom stereocenters. The van der Waals surface area contributed by atoms with E-state index in [4.69, 9.17) is 9.72 Å². The molecule has 2 aliphatic heterocycles. The number of rotatable bonds is 3. The van der Waals surface area contributed by atoms with Crippen molar-refractivity contribution in [3.05, 3.63) is 62.9 Å². The Bertz CT molecular complexity index is 1320. The fraction of sp³-hybridized carbons (Fsp3) is 0.375. The number of pyridine rings is 2. The number of aliphatic hydroxyl groups is 1. The summed E-state index contributed by atoms with van der Waals surface area (Å²) in [5, 5.41) is 12.1. The van der Waals surface area contributed by atoms with Gasteiger partial charge in [-0.1, -0.05) is 44.8 Å². The predicted octanol–water partition coefficient (Wildman–Crippen LogP) is 3.50. The quantitative estimate of drug-likeness (QED) is 0.394. The first-order chi connectivity index (χ1) is 14.6. The highest BCUT2D eigenvalue weighted by Gasteiger charge is 2.45. The molecule has 0 fully saturated rings. The van der Waals surface area contributed by atoms with Gasteiger partial charge in [-0.2, -0.15) is 0 Å². The first-order valence-corrected chi connectivity index (χ1v) is 14.4. The van der Waals surface area contributed by atoms with Gasteiger partial charge in [-0.25, -0.2) is 9.78 Å². The molecule has 1 atom stereocenters. The highest BCUT2D eigenvalue weighted by atomic mass is 28.3. The lowest BCUT2D eigenvalue weighted by molar-refractivity contribution is -0.172. The van der Waals surface area contributed by atoms with E-state index in [-0.39, 0.29) is 18.6 Å². The second kappa shape index (κ2) is 6.61. The molecule has 0 spiro atoms. The van der Waals surface area contributed by atoms with Gasteiger partial charge in [-0.15, -0.1) is 0 Å². The fourth-order valence-corrected chi connectivity index (χ4v) is 6.21. The summed E-state index contributed by atoms with van der Waals surface area (Å²) in [6, 6.07) is 11.2. The van der Waals surface area contributed by atoms with Crippen molar-refractivity contribution in [3.63, 3.8) is 0 Å². The number of carbonyl (C=O) groups is 1. The van der Waals surface area contributed by atoms with Crippen molar-refractivity contribution in [2.45, 2.75) is 57.8 Å². The van der Waals surface area contributed by atoms with Gasteiger partial charge in [-0.3, -0.25) is 4.79 Å². The van der Waals surface area contributed by atoms with E-state index in [0.717, 1.165) is 28.2 Å². The number of para-hydroxylation sites is 1. The molecule has 0 amide bonds. The molecule has 0 aliphatic carbocycles. The second-order valence-electron chi connectivity index (χ2n) is 9.83. The smallest absolute Gasteiger partial charge is 0.343 e. The lowest BCUT2D eigenvalue weighted by Crippen LogP contribution is -2.44. The van der Waals surface area contributed by atoms with Crippen LogP contribution >= 0.6 is 0 Å². The van der Waals surface area contributed by atoms with Crippen LogP contribution in [0.3, 0.4) is 0 Å². The molecule has 0 saturated carbocycles. The standard InChI is InChI=1S/C24H26N2O4Si/c1-5-24(29)18-10-19-21-16(11-26(19)22(27)17(18)12-30-23(24)28)9-14-7-6-8-15(20(14)25-21)13-31(2,3)4/h6-10,29H,5,11-13H2,1-4H3/t24-/m0/s1. The number of ether oxygens (including phenoxy) is 1. The van der Waals surface area contributed by atoms with Gasteiger partial charge in [-0.05, 0) is 30.2 Å². The van der Waals surface area contributed by atoms with Crippen LogP contribution in [0, 0.1) is 0 Å². The number of hydrogen-bond acceptors (Lipinski definition) is 5. The highest BCUT2D eigenvalue weighted by molar-refractivity contribution is 6.75. The molecular weight excluding hydrogens is 408 g/mol. The van der Waals surface area contributed by atoms with E-state index in [1.54, 1.807) is 17.6 Å². The molecule has 1 aromatic carbocycles. The summed E-state index contributed by atoms with van der Waals surface area (Å²) in [6.45, 7) is 9.04. The van der Waals surface area contributed by atoms with Crippen LogP contribution in [-0.4, -0.2) is 28.7 Å². The molecule has 3 aromatic rings. The molecule has 2 aliphatic rings. The third-order valence-electron chi connectivity index (χ3n) is 6.34. The molecule has 4 heterocycles. The van der Waals surface area contributed by atoms with E-state index < -0.39 is 19.6 Å². The van der Waals surface area contributed by atoms with Crippen molar-refractivity contribution in [1.82, 2.24) is 9.55 Å². The molecular formula is C24H26N2O4Si. The van der Waals surface area contributed by atoms with Crippen LogP contribution in [0.4, 0.5) is 0 Å². The Hall–Kier alpha value is -2.77. The molecule has 31 heavy (non-hydrogen) atoms. The zero-order chi connectivity index (χ0) is 22.1. The van der Waals surface area contributed by atoms with E-state index in [1.807, 2.05) is 0 Å². The largest absolute Gasteiger partial charge is 0.458 e. The van der Waals surface area contributed by atoms with E-state index >= 15 is 0 Å². The van der Waals surface area contributed by atoms with Crippen molar-refractivity contribution in [2.24, 2.45) is 0 Å². The Morgan fingerprint density at radius 3 is 2.71 bits per heavy atom. The van der Waals surface area contributed by atoms with Crippen molar-refractivity contribution in [3.8, 4) is 11.4 Å². The minimum absolute atomic E-state index is 0.109. The van der Waals surface area contributed by atoms with Gasteiger partial charge >= 0.3 is 5.97 Å². The zero-order valence-corrected chi connectivity index (χ0v) is 19.3. The van der Waals surface area contributed by atoms with Crippen LogP contribution in [0.15, 0.2) is 35.1 Å². The Morgan fingerprint density at radius 2 is 2.00 bits per heavy atom. The van der Waals surface area contributed by atoms with Crippen molar-refractivity contribution in [1.29, 1.82) is 0 Å². The Balaban J connectivity index is 1.75. The van der Waals surface area contributed by atoms with E-state index in [1.165, 1.54) is 5.56 Å². The summed E-state index contributed by atoms with van der Waals surface area (Å²) < 4.78 is 6.82. The zero-order valence-electron chi connectivity index (χ0n) is 18.3. The molecule has 1 N–H and O–H groups in total. The van der Waals surface area contributed by atoms with Gasteiger partial charge in [0.1, 0.15) is 6.61 Å². The van der Waals surface area contributed by atoms with Gasteiger partial charge in [0.05, 0.1) is 29.0 Å². The van der Waals surface area contributed by atoms with Crippen LogP contribution in [-0.2, 0) is 34.3 Å². The van der Waals surface area contributed by atoms with Crippen molar-refractivity contribution >= 4 is 24.9 Å². The third kappa shape index (κ3) is 2.98. The first-order valence-electron chi connectivity index (χ1n) is 10.7. The van der Waals surface area contributed by atoms with Gasteiger partial charge in [0.25, 0.3) is 5.56 Å². The topological polar surface area (TPSA) is 81.4 Å². The lowest BCUT2D eigenvalue weighted by atomic mass is 9.86. The molecule has 160 valence electrons. The van der Waals surface area contributed by atoms with Gasteiger partial charge in [0.15, 0.2) is 5.60 Å². The van der Waals surface area contributed by atoms with Crippen LogP contribution in [0.5, 0.6) is 0 Å². The van der Waals surface area contributed by atoms with Crippen molar-refractivity contribution < 1.29 is 14.6 Å². The van der Waals surface area contributed by atoms with Gasteiger partial charge < -0.3 is 14.4 Å². The number of fused-ring (bicyclic) bond motifs is 5. The molecule has 6 nitrogen and oxygen atoms in total. The number of benzene rings is 1. The SMILES string of the molecule is CC[C@@]1(O)C(=O)OCc2c1cc1n(c2=O)Cc2cc3cccc(C[Si](C)(C)C)c3nc2-1. The molecule has 2 aromatic heterocycles. The molecule has 7 heteroatoms. The monoisotopic (exact) mass is 434 g/mol. The van der Waals surface area contributed by atoms with Crippen LogP contribution in [0.1, 0.15) is 35.6 Å². The summed E-state index contributed by atoms with van der Waals surface area (Å²) >= 11 is 0. The molecule has 5 rings (SSSR count). The maximum absolute atomic E-state index is 13.3.